The van der Waals surface area contributed by atoms with Gasteiger partial charge in [-0.15, -0.1) is 0 Å². The van der Waals surface area contributed by atoms with Gasteiger partial charge in [0.15, 0.2) is 0 Å². The minimum absolute atomic E-state index is 0.263. The van der Waals surface area contributed by atoms with E-state index in [4.69, 9.17) is 0 Å². The number of hydrogen-bond donors (Lipinski definition) is 1. The average Bonchev–Trinajstić information content (AvgIpc) is 2.57. The molecular formula is C13H28N2. The zero-order chi connectivity index (χ0) is 11.3. The van der Waals surface area contributed by atoms with Crippen LogP contribution >= 0.6 is 0 Å². The third-order valence-corrected chi connectivity index (χ3v) is 3.17. The maximum Gasteiger partial charge on any atom is 0.0221 e. The summed E-state index contributed by atoms with van der Waals surface area (Å²) in [6.07, 6.45) is 5.44. The van der Waals surface area contributed by atoms with Crippen LogP contribution in [0.2, 0.25) is 0 Å². The van der Waals surface area contributed by atoms with E-state index in [1.807, 2.05) is 0 Å². The van der Waals surface area contributed by atoms with Crippen molar-refractivity contribution in [1.29, 1.82) is 0 Å². The van der Waals surface area contributed by atoms with Crippen molar-refractivity contribution in [3.63, 3.8) is 0 Å². The lowest BCUT2D eigenvalue weighted by molar-refractivity contribution is 0.230. The second-order valence-electron chi connectivity index (χ2n) is 5.82. The highest BCUT2D eigenvalue weighted by atomic mass is 15.2. The van der Waals surface area contributed by atoms with E-state index in [1.54, 1.807) is 0 Å². The summed E-state index contributed by atoms with van der Waals surface area (Å²) in [6.45, 7) is 12.8. The summed E-state index contributed by atoms with van der Waals surface area (Å²) in [5, 5.41) is 3.63. The van der Waals surface area contributed by atoms with E-state index < -0.39 is 0 Å². The van der Waals surface area contributed by atoms with Crippen LogP contribution in [0.25, 0.3) is 0 Å². The smallest absolute Gasteiger partial charge is 0.0221 e. The van der Waals surface area contributed by atoms with Crippen molar-refractivity contribution in [2.24, 2.45) is 0 Å². The molecule has 1 rings (SSSR count). The zero-order valence-corrected chi connectivity index (χ0v) is 11.0. The van der Waals surface area contributed by atoms with Crippen molar-refractivity contribution < 1.29 is 0 Å². The molecule has 2 nitrogen and oxygen atoms in total. The molecule has 90 valence electrons. The largest absolute Gasteiger partial charge is 0.311 e. The highest BCUT2D eigenvalue weighted by molar-refractivity contribution is 4.83. The van der Waals surface area contributed by atoms with Crippen molar-refractivity contribution in [3.8, 4) is 0 Å². The number of rotatable bonds is 5. The monoisotopic (exact) mass is 212 g/mol. The number of likely N-dealkylation sites (tertiary alicyclic amines) is 1. The van der Waals surface area contributed by atoms with E-state index in [2.05, 4.69) is 37.9 Å². The first-order valence-corrected chi connectivity index (χ1v) is 6.52. The van der Waals surface area contributed by atoms with Crippen LogP contribution in [-0.2, 0) is 0 Å². The minimum Gasteiger partial charge on any atom is -0.311 e. The first kappa shape index (κ1) is 13.0. The highest BCUT2D eigenvalue weighted by Gasteiger charge is 2.24. The molecule has 0 spiro atoms. The van der Waals surface area contributed by atoms with Gasteiger partial charge in [0.25, 0.3) is 0 Å². The Balaban J connectivity index is 2.27. The van der Waals surface area contributed by atoms with Gasteiger partial charge in [-0.3, -0.25) is 4.90 Å². The quantitative estimate of drug-likeness (QED) is 0.753. The van der Waals surface area contributed by atoms with Gasteiger partial charge in [0.2, 0.25) is 0 Å². The van der Waals surface area contributed by atoms with Gasteiger partial charge in [-0.1, -0.05) is 13.3 Å². The van der Waals surface area contributed by atoms with Crippen molar-refractivity contribution in [2.75, 3.05) is 19.6 Å². The SMILES string of the molecule is CCCCN1CCCC1CNC(C)(C)C. The van der Waals surface area contributed by atoms with Gasteiger partial charge in [0.1, 0.15) is 0 Å². The van der Waals surface area contributed by atoms with Crippen LogP contribution in [0.3, 0.4) is 0 Å². The van der Waals surface area contributed by atoms with E-state index in [1.165, 1.54) is 38.8 Å². The Morgan fingerprint density at radius 2 is 2.07 bits per heavy atom. The molecule has 0 aliphatic carbocycles. The van der Waals surface area contributed by atoms with Crippen LogP contribution in [0.1, 0.15) is 53.4 Å². The van der Waals surface area contributed by atoms with E-state index in [0.29, 0.717) is 0 Å². The molecule has 1 aliphatic heterocycles. The Morgan fingerprint density at radius 3 is 2.67 bits per heavy atom. The zero-order valence-electron chi connectivity index (χ0n) is 11.0. The summed E-state index contributed by atoms with van der Waals surface area (Å²) in [4.78, 5) is 2.67. The third kappa shape index (κ3) is 4.98. The predicted octanol–water partition coefficient (Wildman–Crippen LogP) is 2.64. The summed E-state index contributed by atoms with van der Waals surface area (Å²) in [5.41, 5.74) is 0.263. The fourth-order valence-electron chi connectivity index (χ4n) is 2.21. The second-order valence-corrected chi connectivity index (χ2v) is 5.82. The first-order chi connectivity index (χ1) is 7.03. The van der Waals surface area contributed by atoms with Crippen LogP contribution in [0.5, 0.6) is 0 Å². The summed E-state index contributed by atoms with van der Waals surface area (Å²) < 4.78 is 0. The van der Waals surface area contributed by atoms with Crippen LogP contribution in [0.15, 0.2) is 0 Å². The molecule has 1 unspecified atom stereocenters. The maximum absolute atomic E-state index is 3.63. The fraction of sp³-hybridized carbons (Fsp3) is 1.00. The molecule has 0 saturated carbocycles. The first-order valence-electron chi connectivity index (χ1n) is 6.52. The van der Waals surface area contributed by atoms with Gasteiger partial charge < -0.3 is 5.32 Å². The van der Waals surface area contributed by atoms with E-state index in [9.17, 15) is 0 Å². The molecule has 1 aliphatic rings. The molecule has 1 heterocycles. The number of hydrogen-bond acceptors (Lipinski definition) is 2. The summed E-state index contributed by atoms with van der Waals surface area (Å²) in [7, 11) is 0. The second kappa shape index (κ2) is 5.86. The molecule has 0 aromatic rings. The molecule has 0 bridgehead atoms. The molecule has 0 amide bonds. The highest BCUT2D eigenvalue weighted by Crippen LogP contribution is 2.17. The molecular weight excluding hydrogens is 184 g/mol. The summed E-state index contributed by atoms with van der Waals surface area (Å²) in [6, 6.07) is 0.788. The molecule has 2 heteroatoms. The Labute approximate surface area is 95.4 Å². The normalized spacial score (nSPS) is 23.6. The number of unbranched alkanes of at least 4 members (excludes halogenated alkanes) is 1. The Kier molecular flexibility index (Phi) is 5.07. The minimum atomic E-state index is 0.263. The van der Waals surface area contributed by atoms with Gasteiger partial charge in [-0.2, -0.15) is 0 Å². The van der Waals surface area contributed by atoms with Gasteiger partial charge in [0, 0.05) is 18.1 Å². The summed E-state index contributed by atoms with van der Waals surface area (Å²) in [5.74, 6) is 0. The average molecular weight is 212 g/mol. The topological polar surface area (TPSA) is 15.3 Å². The van der Waals surface area contributed by atoms with Crippen molar-refractivity contribution in [3.05, 3.63) is 0 Å². The fourth-order valence-corrected chi connectivity index (χ4v) is 2.21. The Morgan fingerprint density at radius 1 is 1.33 bits per heavy atom. The van der Waals surface area contributed by atoms with Gasteiger partial charge in [-0.25, -0.2) is 0 Å². The molecule has 1 fully saturated rings. The van der Waals surface area contributed by atoms with Crippen molar-refractivity contribution in [2.45, 2.75) is 65.0 Å². The molecule has 0 aromatic carbocycles. The number of nitrogens with one attached hydrogen (secondary N) is 1. The Hall–Kier alpha value is -0.0800. The molecule has 1 atom stereocenters. The van der Waals surface area contributed by atoms with E-state index in [0.717, 1.165) is 12.6 Å². The lowest BCUT2D eigenvalue weighted by atomic mass is 10.1. The van der Waals surface area contributed by atoms with Crippen molar-refractivity contribution in [1.82, 2.24) is 10.2 Å². The molecule has 0 radical (unpaired) electrons. The van der Waals surface area contributed by atoms with E-state index >= 15 is 0 Å². The standard InChI is InChI=1S/C13H28N2/c1-5-6-9-15-10-7-8-12(15)11-14-13(2,3)4/h12,14H,5-11H2,1-4H3. The molecule has 1 saturated heterocycles. The molecule has 15 heavy (non-hydrogen) atoms. The van der Waals surface area contributed by atoms with Crippen LogP contribution in [0.4, 0.5) is 0 Å². The predicted molar refractivity (Wildman–Crippen MR) is 67.3 cm³/mol. The van der Waals surface area contributed by atoms with Crippen molar-refractivity contribution >= 4 is 0 Å². The molecule has 1 N–H and O–H groups in total. The van der Waals surface area contributed by atoms with Gasteiger partial charge in [0.05, 0.1) is 0 Å². The summed E-state index contributed by atoms with van der Waals surface area (Å²) >= 11 is 0. The van der Waals surface area contributed by atoms with Crippen LogP contribution in [0, 0.1) is 0 Å². The van der Waals surface area contributed by atoms with Crippen LogP contribution in [-0.4, -0.2) is 36.1 Å². The van der Waals surface area contributed by atoms with Gasteiger partial charge >= 0.3 is 0 Å². The van der Waals surface area contributed by atoms with Crippen LogP contribution < -0.4 is 5.32 Å². The third-order valence-electron chi connectivity index (χ3n) is 3.17. The lowest BCUT2D eigenvalue weighted by Gasteiger charge is -2.28. The maximum atomic E-state index is 3.63. The Bertz CT molecular complexity index is 172. The van der Waals surface area contributed by atoms with E-state index in [-0.39, 0.29) is 5.54 Å². The molecule has 0 aromatic heterocycles. The number of nitrogens with zero attached hydrogens (tertiary/aromatic N) is 1. The lowest BCUT2D eigenvalue weighted by Crippen LogP contribution is -2.45. The van der Waals surface area contributed by atoms with Gasteiger partial charge in [-0.05, 0) is 53.1 Å².